The van der Waals surface area contributed by atoms with Gasteiger partial charge in [0.1, 0.15) is 6.04 Å². The van der Waals surface area contributed by atoms with Gasteiger partial charge in [-0.3, -0.25) is 4.48 Å². The Bertz CT molecular complexity index is 1360. The maximum Gasteiger partial charge on any atom is 0.490 e. The van der Waals surface area contributed by atoms with Crippen LogP contribution in [-0.4, -0.2) is 94.0 Å². The lowest BCUT2D eigenvalue weighted by Crippen LogP contribution is -2.55. The summed E-state index contributed by atoms with van der Waals surface area (Å²) in [7, 11) is -2.49. The SMILES string of the molecule is CC[N+]1(COP(=O)(O)O)CCCC1CNc1nc(Nc2ccc(OC)c(F)c2)nc(NC2CCCCCC2)n1.COC(=O)C(F)(F)F. The fraction of sp³-hybridized carbons (Fsp3) is 0.643. The lowest BCUT2D eigenvalue weighted by atomic mass is 10.1. The molecule has 0 amide bonds. The third kappa shape index (κ3) is 12.0. The zero-order valence-electron chi connectivity index (χ0n) is 26.6. The number of esters is 1. The highest BCUT2D eigenvalue weighted by Crippen LogP contribution is 2.39. The predicted molar refractivity (Wildman–Crippen MR) is 164 cm³/mol. The van der Waals surface area contributed by atoms with Crippen molar-refractivity contribution in [1.82, 2.24) is 15.0 Å². The smallest absolute Gasteiger partial charge is 0.490 e. The van der Waals surface area contributed by atoms with E-state index in [0.717, 1.165) is 45.1 Å². The van der Waals surface area contributed by atoms with Gasteiger partial charge in [-0.25, -0.2) is 18.3 Å². The Balaban J connectivity index is 0.000000665. The minimum atomic E-state index is -4.85. The highest BCUT2D eigenvalue weighted by atomic mass is 31.2. The van der Waals surface area contributed by atoms with Crippen LogP contribution in [0.3, 0.4) is 0 Å². The number of hydrogen-bond donors (Lipinski definition) is 5. The largest absolute Gasteiger partial charge is 0.494 e. The van der Waals surface area contributed by atoms with E-state index >= 15 is 0 Å². The molecule has 0 radical (unpaired) electrons. The van der Waals surface area contributed by atoms with E-state index in [1.165, 1.54) is 32.1 Å². The van der Waals surface area contributed by atoms with Crippen molar-refractivity contribution < 1.29 is 55.2 Å². The Hall–Kier alpha value is -3.31. The number of ether oxygens (including phenoxy) is 2. The van der Waals surface area contributed by atoms with Crippen molar-refractivity contribution in [3.63, 3.8) is 0 Å². The lowest BCUT2D eigenvalue weighted by Gasteiger charge is -2.38. The second kappa shape index (κ2) is 17.2. The summed E-state index contributed by atoms with van der Waals surface area (Å²) in [6.45, 7) is 3.86. The molecule has 0 spiro atoms. The highest BCUT2D eigenvalue weighted by molar-refractivity contribution is 7.46. The Kier molecular flexibility index (Phi) is 14.0. The Labute approximate surface area is 270 Å². The summed E-state index contributed by atoms with van der Waals surface area (Å²) in [5.74, 6) is -1.47. The number of phosphoric ester groups is 1. The first-order chi connectivity index (χ1) is 22.2. The molecule has 1 aliphatic carbocycles. The number of halogens is 4. The molecule has 1 aliphatic heterocycles. The number of carbonyl (C=O) groups is 1. The van der Waals surface area contributed by atoms with Gasteiger partial charge in [0.25, 0.3) is 0 Å². The molecular formula is C28H43F4N7O7P+. The molecule has 2 unspecified atom stereocenters. The quantitative estimate of drug-likeness (QED) is 0.0652. The lowest BCUT2D eigenvalue weighted by molar-refractivity contribution is -0.950. The Morgan fingerprint density at radius 2 is 1.68 bits per heavy atom. The van der Waals surface area contributed by atoms with E-state index in [1.54, 1.807) is 6.07 Å². The number of likely N-dealkylation sites (N-methyl/N-ethyl adjacent to an activating group) is 1. The third-order valence-electron chi connectivity index (χ3n) is 8.17. The number of phosphoric acid groups is 1. The molecule has 14 nitrogen and oxygen atoms in total. The number of likely N-dealkylation sites (tertiary alicyclic amines) is 1. The van der Waals surface area contributed by atoms with Crippen molar-refractivity contribution in [3.05, 3.63) is 24.0 Å². The molecule has 1 aromatic carbocycles. The summed E-state index contributed by atoms with van der Waals surface area (Å²) in [5.41, 5.74) is 0.470. The van der Waals surface area contributed by atoms with Crippen molar-refractivity contribution in [2.45, 2.75) is 76.6 Å². The van der Waals surface area contributed by atoms with Crippen LogP contribution >= 0.6 is 7.82 Å². The van der Waals surface area contributed by atoms with Crippen LogP contribution in [0.15, 0.2) is 18.2 Å². The first-order valence-corrected chi connectivity index (χ1v) is 16.8. The molecule has 2 atom stereocenters. The van der Waals surface area contributed by atoms with Crippen molar-refractivity contribution in [2.75, 3.05) is 56.5 Å². The van der Waals surface area contributed by atoms with Crippen LogP contribution < -0.4 is 20.7 Å². The topological polar surface area (TPSA) is 177 Å². The van der Waals surface area contributed by atoms with Crippen LogP contribution in [0.4, 0.5) is 41.1 Å². The van der Waals surface area contributed by atoms with E-state index in [4.69, 9.17) is 9.26 Å². The van der Waals surface area contributed by atoms with E-state index in [0.29, 0.717) is 42.3 Å². The zero-order valence-corrected chi connectivity index (χ0v) is 27.5. The van der Waals surface area contributed by atoms with Crippen LogP contribution in [0.25, 0.3) is 0 Å². The van der Waals surface area contributed by atoms with E-state index in [9.17, 15) is 36.7 Å². The number of nitrogens with one attached hydrogen (secondary N) is 3. The van der Waals surface area contributed by atoms with Crippen LogP contribution in [0.1, 0.15) is 58.3 Å². The van der Waals surface area contributed by atoms with Gasteiger partial charge in [0.15, 0.2) is 18.3 Å². The summed E-state index contributed by atoms with van der Waals surface area (Å²) in [4.78, 5) is 41.7. The molecule has 1 saturated heterocycles. The van der Waals surface area contributed by atoms with E-state index < -0.39 is 25.8 Å². The first kappa shape index (κ1) is 38.1. The summed E-state index contributed by atoms with van der Waals surface area (Å²) in [5, 5.41) is 9.85. The number of rotatable bonds is 12. The molecule has 264 valence electrons. The molecular weight excluding hydrogens is 653 g/mol. The number of aromatic nitrogens is 3. The van der Waals surface area contributed by atoms with Gasteiger partial charge < -0.3 is 35.2 Å². The molecule has 2 aromatic rings. The number of hydrogen-bond acceptors (Lipinski definition) is 11. The maximum atomic E-state index is 14.3. The predicted octanol–water partition coefficient (Wildman–Crippen LogP) is 5.10. The molecule has 5 N–H and O–H groups in total. The van der Waals surface area contributed by atoms with Gasteiger partial charge in [-0.1, -0.05) is 25.7 Å². The van der Waals surface area contributed by atoms with Crippen LogP contribution in [-0.2, 0) is 18.6 Å². The molecule has 4 rings (SSSR count). The minimum Gasteiger partial charge on any atom is -0.494 e. The Morgan fingerprint density at radius 1 is 1.02 bits per heavy atom. The fourth-order valence-electron chi connectivity index (χ4n) is 5.64. The summed E-state index contributed by atoms with van der Waals surface area (Å²) < 4.78 is 72.3. The van der Waals surface area contributed by atoms with Gasteiger partial charge in [0, 0.05) is 30.6 Å². The summed E-state index contributed by atoms with van der Waals surface area (Å²) in [6.07, 6.45) is 3.78. The molecule has 2 aliphatic rings. The molecule has 2 fully saturated rings. The van der Waals surface area contributed by atoms with Crippen molar-refractivity contribution in [2.24, 2.45) is 0 Å². The average Bonchev–Trinajstić information content (AvgIpc) is 3.25. The van der Waals surface area contributed by atoms with Crippen LogP contribution in [0.5, 0.6) is 5.75 Å². The van der Waals surface area contributed by atoms with Gasteiger partial charge in [-0.2, -0.15) is 28.1 Å². The van der Waals surface area contributed by atoms with E-state index in [2.05, 4.69) is 35.6 Å². The molecule has 19 heteroatoms. The fourth-order valence-corrected chi connectivity index (χ4v) is 6.02. The average molecular weight is 697 g/mol. The maximum absolute atomic E-state index is 14.3. The van der Waals surface area contributed by atoms with E-state index in [1.807, 2.05) is 6.92 Å². The number of methoxy groups -OCH3 is 2. The normalized spacial score (nSPS) is 20.4. The number of quaternary nitrogens is 1. The Morgan fingerprint density at radius 3 is 2.23 bits per heavy atom. The number of nitrogens with zero attached hydrogens (tertiary/aromatic N) is 4. The van der Waals surface area contributed by atoms with Gasteiger partial charge in [0.05, 0.1) is 33.9 Å². The van der Waals surface area contributed by atoms with Crippen LogP contribution in [0, 0.1) is 5.82 Å². The summed E-state index contributed by atoms with van der Waals surface area (Å²) in [6, 6.07) is 4.86. The monoisotopic (exact) mass is 696 g/mol. The molecule has 1 saturated carbocycles. The van der Waals surface area contributed by atoms with Gasteiger partial charge in [-0.05, 0) is 31.9 Å². The number of anilines is 4. The number of carbonyl (C=O) groups excluding carboxylic acids is 1. The minimum absolute atomic E-state index is 0.0590. The van der Waals surface area contributed by atoms with E-state index in [-0.39, 0.29) is 30.5 Å². The molecule has 2 heterocycles. The highest BCUT2D eigenvalue weighted by Gasteiger charge is 2.42. The van der Waals surface area contributed by atoms with Gasteiger partial charge in [-0.15, -0.1) is 0 Å². The first-order valence-electron chi connectivity index (χ1n) is 15.3. The summed E-state index contributed by atoms with van der Waals surface area (Å²) >= 11 is 0. The van der Waals surface area contributed by atoms with Crippen molar-refractivity contribution in [3.8, 4) is 5.75 Å². The van der Waals surface area contributed by atoms with Gasteiger partial charge in [0.2, 0.25) is 17.8 Å². The molecule has 0 bridgehead atoms. The standard InChI is InChI=1S/C25H39FN7O5P.C3H3F3O2/c1-3-33(17-38-39(34,35)36)14-8-11-20(33)16-27-23-30-24(28-18-9-6-4-5-7-10-18)32-25(31-23)29-19-12-13-22(37-2)21(26)15-19;1-8-2(7)3(4,5)6/h12-13,15,18,20H,3-11,14,16-17H2,1-2H3,(H4-,27,28,29,30,31,32,34,35,36);1H3/p+1. The van der Waals surface area contributed by atoms with Crippen LogP contribution in [0.2, 0.25) is 0 Å². The number of benzene rings is 1. The van der Waals surface area contributed by atoms with Crippen molar-refractivity contribution in [1.29, 1.82) is 0 Å². The zero-order chi connectivity index (χ0) is 34.7. The molecule has 1 aromatic heterocycles. The number of alkyl halides is 3. The van der Waals surface area contributed by atoms with Crippen molar-refractivity contribution >= 4 is 37.3 Å². The molecule has 47 heavy (non-hydrogen) atoms. The van der Waals surface area contributed by atoms with Gasteiger partial charge >= 0.3 is 20.0 Å². The second-order valence-corrected chi connectivity index (χ2v) is 12.5. The second-order valence-electron chi connectivity index (χ2n) is 11.3. The third-order valence-corrected chi connectivity index (χ3v) is 8.62.